The molecule has 2 aromatic heterocycles. The summed E-state index contributed by atoms with van der Waals surface area (Å²) in [4.78, 5) is 23.3. The predicted molar refractivity (Wildman–Crippen MR) is 104 cm³/mol. The van der Waals surface area contributed by atoms with Crippen LogP contribution in [-0.2, 0) is 0 Å². The summed E-state index contributed by atoms with van der Waals surface area (Å²) >= 11 is 3.50. The number of pyridine rings is 2. The Morgan fingerprint density at radius 1 is 0.962 bits per heavy atom. The van der Waals surface area contributed by atoms with E-state index >= 15 is 0 Å². The Balaban J connectivity index is 1.83. The first-order chi connectivity index (χ1) is 12.7. The normalized spacial score (nSPS) is 14.3. The first kappa shape index (κ1) is 16.4. The first-order valence-electron chi connectivity index (χ1n) is 7.99. The molecule has 4 rings (SSSR count). The molecule has 0 bridgehead atoms. The van der Waals surface area contributed by atoms with Gasteiger partial charge in [0.15, 0.2) is 0 Å². The molecular weight excluding hydrogens is 394 g/mol. The third kappa shape index (κ3) is 3.09. The number of carbonyl (C=O) groups excluding carboxylic acids is 1. The highest BCUT2D eigenvalue weighted by Gasteiger charge is 2.32. The maximum Gasteiger partial charge on any atom is 0.350 e. The monoisotopic (exact) mass is 407 g/mol. The van der Waals surface area contributed by atoms with Gasteiger partial charge in [0.2, 0.25) is 0 Å². The van der Waals surface area contributed by atoms with Crippen LogP contribution in [0.2, 0.25) is 0 Å². The van der Waals surface area contributed by atoms with Crippen LogP contribution in [0.1, 0.15) is 5.69 Å². The van der Waals surface area contributed by atoms with Crippen molar-refractivity contribution in [1.82, 2.24) is 9.97 Å². The van der Waals surface area contributed by atoms with E-state index in [9.17, 15) is 4.79 Å². The summed E-state index contributed by atoms with van der Waals surface area (Å²) in [6.45, 7) is 0.322. The summed E-state index contributed by atoms with van der Waals surface area (Å²) in [5, 5.41) is 5.98. The van der Waals surface area contributed by atoms with Gasteiger partial charge in [-0.25, -0.2) is 4.79 Å². The summed E-state index contributed by atoms with van der Waals surface area (Å²) in [6, 6.07) is 16.5. The lowest BCUT2D eigenvalue weighted by atomic mass is 10.2. The van der Waals surface area contributed by atoms with Gasteiger partial charge in [-0.2, -0.15) is 10.1 Å². The molecule has 1 aromatic carbocycles. The van der Waals surface area contributed by atoms with Crippen molar-refractivity contribution in [2.24, 2.45) is 5.10 Å². The maximum absolute atomic E-state index is 13.1. The van der Waals surface area contributed by atoms with Crippen LogP contribution in [0.25, 0.3) is 0 Å². The van der Waals surface area contributed by atoms with Crippen LogP contribution >= 0.6 is 15.9 Å². The van der Waals surface area contributed by atoms with E-state index < -0.39 is 0 Å². The summed E-state index contributed by atoms with van der Waals surface area (Å²) < 4.78 is 0.783. The lowest BCUT2D eigenvalue weighted by Gasteiger charge is -2.33. The Morgan fingerprint density at radius 3 is 2.54 bits per heavy atom. The van der Waals surface area contributed by atoms with Crippen LogP contribution in [0.15, 0.2) is 82.8 Å². The lowest BCUT2D eigenvalue weighted by Crippen LogP contribution is -2.49. The summed E-state index contributed by atoms with van der Waals surface area (Å²) in [7, 11) is 0. The van der Waals surface area contributed by atoms with Gasteiger partial charge in [-0.3, -0.25) is 14.9 Å². The second kappa shape index (κ2) is 7.05. The molecule has 2 amide bonds. The fourth-order valence-corrected chi connectivity index (χ4v) is 3.14. The molecule has 0 spiro atoms. The Morgan fingerprint density at radius 2 is 1.81 bits per heavy atom. The van der Waals surface area contributed by atoms with Crippen molar-refractivity contribution in [2.45, 2.75) is 0 Å². The van der Waals surface area contributed by atoms with Crippen LogP contribution in [0, 0.1) is 0 Å². The largest absolute Gasteiger partial charge is 0.350 e. The van der Waals surface area contributed by atoms with E-state index in [-0.39, 0.29) is 6.03 Å². The number of urea groups is 1. The molecule has 0 fully saturated rings. The second-order valence-corrected chi connectivity index (χ2v) is 6.46. The number of aromatic nitrogens is 2. The van der Waals surface area contributed by atoms with Gasteiger partial charge in [-0.05, 0) is 52.3 Å². The van der Waals surface area contributed by atoms with Crippen LogP contribution in [0.5, 0.6) is 0 Å². The minimum absolute atomic E-state index is 0.246. The van der Waals surface area contributed by atoms with Crippen molar-refractivity contribution in [1.29, 1.82) is 0 Å². The molecule has 128 valence electrons. The number of rotatable bonds is 3. The summed E-state index contributed by atoms with van der Waals surface area (Å²) in [5.41, 5.74) is 2.80. The van der Waals surface area contributed by atoms with Crippen LogP contribution < -0.4 is 9.91 Å². The third-order valence-electron chi connectivity index (χ3n) is 3.94. The Bertz CT molecular complexity index is 962. The van der Waals surface area contributed by atoms with Gasteiger partial charge in [0.25, 0.3) is 0 Å². The first-order valence-corrected chi connectivity index (χ1v) is 8.78. The molecule has 0 saturated heterocycles. The minimum Gasteiger partial charge on any atom is -0.285 e. The summed E-state index contributed by atoms with van der Waals surface area (Å²) in [5.74, 6) is 0. The molecule has 0 aliphatic carbocycles. The Hall–Kier alpha value is -3.06. The van der Waals surface area contributed by atoms with E-state index in [4.69, 9.17) is 0 Å². The smallest absolute Gasteiger partial charge is 0.285 e. The fraction of sp³-hybridized carbons (Fsp3) is 0.0526. The van der Waals surface area contributed by atoms with Gasteiger partial charge in [-0.1, -0.05) is 18.2 Å². The number of halogens is 1. The number of amides is 2. The Labute approximate surface area is 158 Å². The van der Waals surface area contributed by atoms with Gasteiger partial charge >= 0.3 is 6.03 Å². The quantitative estimate of drug-likeness (QED) is 0.656. The number of hydrogen-bond donors (Lipinski definition) is 0. The van der Waals surface area contributed by atoms with E-state index in [0.717, 1.165) is 10.2 Å². The van der Waals surface area contributed by atoms with Crippen molar-refractivity contribution >= 4 is 39.0 Å². The number of anilines is 2. The molecule has 26 heavy (non-hydrogen) atoms. The number of hydrogen-bond acceptors (Lipinski definition) is 4. The molecule has 0 unspecified atom stereocenters. The highest BCUT2D eigenvalue weighted by molar-refractivity contribution is 9.10. The highest BCUT2D eigenvalue weighted by atomic mass is 79.9. The molecule has 0 radical (unpaired) electrons. The van der Waals surface area contributed by atoms with Crippen LogP contribution in [0.3, 0.4) is 0 Å². The predicted octanol–water partition coefficient (Wildman–Crippen LogP) is 4.09. The fourth-order valence-electron chi connectivity index (χ4n) is 2.69. The molecule has 7 heteroatoms. The number of nitrogens with zero attached hydrogens (tertiary/aromatic N) is 5. The molecule has 1 aliphatic heterocycles. The van der Waals surface area contributed by atoms with Crippen molar-refractivity contribution in [3.05, 3.63) is 83.4 Å². The highest BCUT2D eigenvalue weighted by Crippen LogP contribution is 2.30. The van der Waals surface area contributed by atoms with Gasteiger partial charge < -0.3 is 0 Å². The van der Waals surface area contributed by atoms with Crippen molar-refractivity contribution in [3.8, 4) is 0 Å². The molecular formula is C19H14BrN5O. The van der Waals surface area contributed by atoms with Crippen LogP contribution in [-0.4, -0.2) is 28.3 Å². The maximum atomic E-state index is 13.1. The average molecular weight is 408 g/mol. The van der Waals surface area contributed by atoms with Crippen molar-refractivity contribution in [3.63, 3.8) is 0 Å². The lowest BCUT2D eigenvalue weighted by molar-refractivity contribution is 0.251. The van der Waals surface area contributed by atoms with E-state index in [2.05, 4.69) is 31.0 Å². The van der Waals surface area contributed by atoms with Gasteiger partial charge in [0, 0.05) is 16.9 Å². The SMILES string of the molecule is O=C1N(c2cccnc2)CC(c2ccccn2)=NN1c1ccccc1Br. The van der Waals surface area contributed by atoms with Gasteiger partial charge in [0.05, 0.1) is 29.8 Å². The molecule has 6 nitrogen and oxygen atoms in total. The summed E-state index contributed by atoms with van der Waals surface area (Å²) in [6.07, 6.45) is 5.06. The number of benzene rings is 1. The molecule has 0 N–H and O–H groups in total. The van der Waals surface area contributed by atoms with E-state index in [0.29, 0.717) is 23.6 Å². The van der Waals surface area contributed by atoms with E-state index in [1.54, 1.807) is 29.6 Å². The van der Waals surface area contributed by atoms with Gasteiger partial charge in [0.1, 0.15) is 5.71 Å². The molecule has 1 aliphatic rings. The zero-order valence-electron chi connectivity index (χ0n) is 13.7. The van der Waals surface area contributed by atoms with Crippen LogP contribution in [0.4, 0.5) is 16.2 Å². The Kier molecular flexibility index (Phi) is 4.45. The zero-order valence-corrected chi connectivity index (χ0v) is 15.2. The minimum atomic E-state index is -0.246. The standard InChI is InChI=1S/C19H14BrN5O/c20-15-7-1-2-9-18(15)25-19(26)24(14-6-5-10-21-12-14)13-17(23-25)16-8-3-4-11-22-16/h1-12H,13H2. The molecule has 0 saturated carbocycles. The topological polar surface area (TPSA) is 61.7 Å². The number of hydrazone groups is 1. The third-order valence-corrected chi connectivity index (χ3v) is 4.61. The molecule has 3 aromatic rings. The molecule has 0 atom stereocenters. The average Bonchev–Trinajstić information content (AvgIpc) is 2.70. The van der Waals surface area contributed by atoms with Gasteiger partial charge in [-0.15, -0.1) is 0 Å². The van der Waals surface area contributed by atoms with E-state index in [1.165, 1.54) is 5.01 Å². The zero-order chi connectivity index (χ0) is 17.9. The second-order valence-electron chi connectivity index (χ2n) is 5.60. The van der Waals surface area contributed by atoms with E-state index in [1.807, 2.05) is 48.5 Å². The van der Waals surface area contributed by atoms with Crippen molar-refractivity contribution < 1.29 is 4.79 Å². The number of para-hydroxylation sites is 1. The molecule has 3 heterocycles. The van der Waals surface area contributed by atoms with Crippen molar-refractivity contribution in [2.75, 3.05) is 16.5 Å². The number of carbonyl (C=O) groups is 1.